The molecule has 0 aliphatic heterocycles. The molecule has 12 heavy (non-hydrogen) atoms. The van der Waals surface area contributed by atoms with E-state index < -0.39 is 0 Å². The highest BCUT2D eigenvalue weighted by Crippen LogP contribution is 2.23. The standard InChI is InChI=1S/C10H19NS/c1-5-9(4)10(6-11)12-7-8(2)3/h8-10H,5,7H2,1-4H3. The van der Waals surface area contributed by atoms with Crippen molar-refractivity contribution in [2.45, 2.75) is 39.4 Å². The van der Waals surface area contributed by atoms with Gasteiger partial charge in [0.2, 0.25) is 0 Å². The lowest BCUT2D eigenvalue weighted by molar-refractivity contribution is 0.587. The molecule has 0 radical (unpaired) electrons. The zero-order chi connectivity index (χ0) is 9.56. The second-order valence-corrected chi connectivity index (χ2v) is 4.84. The van der Waals surface area contributed by atoms with Gasteiger partial charge in [0.15, 0.2) is 0 Å². The Morgan fingerprint density at radius 2 is 1.92 bits per heavy atom. The number of rotatable bonds is 5. The summed E-state index contributed by atoms with van der Waals surface area (Å²) >= 11 is 1.80. The lowest BCUT2D eigenvalue weighted by Crippen LogP contribution is -2.12. The average molecular weight is 185 g/mol. The van der Waals surface area contributed by atoms with E-state index in [0.29, 0.717) is 11.8 Å². The predicted molar refractivity (Wildman–Crippen MR) is 56.2 cm³/mol. The summed E-state index contributed by atoms with van der Waals surface area (Å²) < 4.78 is 0. The van der Waals surface area contributed by atoms with Crippen LogP contribution in [0.4, 0.5) is 0 Å². The third-order valence-electron chi connectivity index (χ3n) is 1.90. The van der Waals surface area contributed by atoms with E-state index in [1.165, 1.54) is 0 Å². The highest BCUT2D eigenvalue weighted by molar-refractivity contribution is 8.00. The van der Waals surface area contributed by atoms with E-state index in [9.17, 15) is 0 Å². The van der Waals surface area contributed by atoms with Crippen molar-refractivity contribution in [2.75, 3.05) is 5.75 Å². The fraction of sp³-hybridized carbons (Fsp3) is 0.900. The van der Waals surface area contributed by atoms with Crippen LogP contribution in [-0.2, 0) is 0 Å². The van der Waals surface area contributed by atoms with Crippen LogP contribution >= 0.6 is 11.8 Å². The molecule has 0 heterocycles. The molecule has 0 saturated heterocycles. The first-order valence-electron chi connectivity index (χ1n) is 4.63. The molecule has 0 amide bonds. The molecule has 0 bridgehead atoms. The summed E-state index contributed by atoms with van der Waals surface area (Å²) in [4.78, 5) is 0. The third kappa shape index (κ3) is 4.66. The highest BCUT2D eigenvalue weighted by Gasteiger charge is 2.15. The van der Waals surface area contributed by atoms with Crippen LogP contribution in [0.1, 0.15) is 34.1 Å². The van der Waals surface area contributed by atoms with E-state index >= 15 is 0 Å². The Morgan fingerprint density at radius 3 is 2.25 bits per heavy atom. The van der Waals surface area contributed by atoms with Gasteiger partial charge in [-0.1, -0.05) is 34.1 Å². The lowest BCUT2D eigenvalue weighted by atomic mass is 10.1. The first kappa shape index (κ1) is 11.8. The summed E-state index contributed by atoms with van der Waals surface area (Å²) in [5.41, 5.74) is 0. The van der Waals surface area contributed by atoms with Crippen LogP contribution < -0.4 is 0 Å². The molecule has 0 aliphatic carbocycles. The van der Waals surface area contributed by atoms with Crippen molar-refractivity contribution in [1.82, 2.24) is 0 Å². The minimum atomic E-state index is 0.192. The molecular weight excluding hydrogens is 166 g/mol. The number of nitrogens with zero attached hydrogens (tertiary/aromatic N) is 1. The van der Waals surface area contributed by atoms with Crippen molar-refractivity contribution in [3.63, 3.8) is 0 Å². The Kier molecular flexibility index (Phi) is 6.28. The normalized spacial score (nSPS) is 15.7. The minimum absolute atomic E-state index is 0.192. The van der Waals surface area contributed by atoms with Crippen LogP contribution in [0.25, 0.3) is 0 Å². The molecule has 0 aromatic rings. The predicted octanol–water partition coefficient (Wildman–Crippen LogP) is 3.31. The Hall–Kier alpha value is -0.160. The van der Waals surface area contributed by atoms with Gasteiger partial charge in [-0.2, -0.15) is 5.26 Å². The molecule has 0 aromatic heterocycles. The zero-order valence-corrected chi connectivity index (χ0v) is 9.32. The molecule has 70 valence electrons. The number of nitriles is 1. The van der Waals surface area contributed by atoms with E-state index in [-0.39, 0.29) is 5.25 Å². The molecule has 1 nitrogen and oxygen atoms in total. The second-order valence-electron chi connectivity index (χ2n) is 3.66. The quantitative estimate of drug-likeness (QED) is 0.656. The van der Waals surface area contributed by atoms with E-state index in [0.717, 1.165) is 12.2 Å². The Labute approximate surface area is 80.5 Å². The van der Waals surface area contributed by atoms with Crippen molar-refractivity contribution < 1.29 is 0 Å². The first-order chi connectivity index (χ1) is 5.61. The number of thioether (sulfide) groups is 1. The van der Waals surface area contributed by atoms with Crippen LogP contribution in [-0.4, -0.2) is 11.0 Å². The summed E-state index contributed by atoms with van der Waals surface area (Å²) in [6, 6.07) is 2.37. The molecule has 0 rings (SSSR count). The highest BCUT2D eigenvalue weighted by atomic mass is 32.2. The fourth-order valence-corrected chi connectivity index (χ4v) is 2.03. The van der Waals surface area contributed by atoms with Crippen molar-refractivity contribution >= 4 is 11.8 Å². The van der Waals surface area contributed by atoms with Gasteiger partial charge in [0.25, 0.3) is 0 Å². The first-order valence-corrected chi connectivity index (χ1v) is 5.67. The second kappa shape index (κ2) is 6.37. The monoisotopic (exact) mass is 185 g/mol. The Balaban J connectivity index is 3.77. The molecule has 2 heteroatoms. The molecule has 0 aromatic carbocycles. The van der Waals surface area contributed by atoms with Crippen LogP contribution in [0, 0.1) is 23.2 Å². The summed E-state index contributed by atoms with van der Waals surface area (Å²) in [5, 5.41) is 9.06. The minimum Gasteiger partial charge on any atom is -0.197 e. The van der Waals surface area contributed by atoms with Gasteiger partial charge < -0.3 is 0 Å². The number of hydrogen-bond donors (Lipinski definition) is 0. The third-order valence-corrected chi connectivity index (χ3v) is 3.69. The average Bonchev–Trinajstić information content (AvgIpc) is 2.04. The largest absolute Gasteiger partial charge is 0.197 e. The van der Waals surface area contributed by atoms with Crippen LogP contribution in [0.15, 0.2) is 0 Å². The Bertz CT molecular complexity index is 148. The summed E-state index contributed by atoms with van der Waals surface area (Å²) in [6.07, 6.45) is 1.10. The lowest BCUT2D eigenvalue weighted by Gasteiger charge is -2.15. The van der Waals surface area contributed by atoms with E-state index in [2.05, 4.69) is 33.8 Å². The van der Waals surface area contributed by atoms with Crippen molar-refractivity contribution in [1.29, 1.82) is 5.26 Å². The summed E-state index contributed by atoms with van der Waals surface area (Å²) in [6.45, 7) is 8.68. The fourth-order valence-electron chi connectivity index (χ4n) is 0.839. The maximum atomic E-state index is 8.87. The summed E-state index contributed by atoms with van der Waals surface area (Å²) in [5.74, 6) is 2.32. The molecule has 2 unspecified atom stereocenters. The molecule has 0 saturated carbocycles. The topological polar surface area (TPSA) is 23.8 Å². The van der Waals surface area contributed by atoms with Crippen LogP contribution in [0.3, 0.4) is 0 Å². The van der Waals surface area contributed by atoms with Crippen molar-refractivity contribution in [2.24, 2.45) is 11.8 Å². The van der Waals surface area contributed by atoms with E-state index in [4.69, 9.17) is 5.26 Å². The molecular formula is C10H19NS. The zero-order valence-electron chi connectivity index (χ0n) is 8.50. The SMILES string of the molecule is CCC(C)C(C#N)SCC(C)C. The van der Waals surface area contributed by atoms with Gasteiger partial charge in [-0.15, -0.1) is 11.8 Å². The van der Waals surface area contributed by atoms with Crippen molar-refractivity contribution in [3.8, 4) is 6.07 Å². The molecule has 0 aliphatic rings. The maximum absolute atomic E-state index is 8.87. The molecule has 0 fully saturated rings. The van der Waals surface area contributed by atoms with Gasteiger partial charge in [-0.05, 0) is 17.6 Å². The molecule has 0 spiro atoms. The van der Waals surface area contributed by atoms with Gasteiger partial charge in [0, 0.05) is 0 Å². The van der Waals surface area contributed by atoms with Gasteiger partial charge in [0.05, 0.1) is 11.3 Å². The van der Waals surface area contributed by atoms with Gasteiger partial charge in [-0.3, -0.25) is 0 Å². The molecule has 2 atom stereocenters. The van der Waals surface area contributed by atoms with Crippen molar-refractivity contribution in [3.05, 3.63) is 0 Å². The molecule has 0 N–H and O–H groups in total. The number of hydrogen-bond acceptors (Lipinski definition) is 2. The van der Waals surface area contributed by atoms with E-state index in [1.807, 2.05) is 0 Å². The van der Waals surface area contributed by atoms with Gasteiger partial charge in [-0.25, -0.2) is 0 Å². The van der Waals surface area contributed by atoms with E-state index in [1.54, 1.807) is 11.8 Å². The summed E-state index contributed by atoms with van der Waals surface area (Å²) in [7, 11) is 0. The van der Waals surface area contributed by atoms with Gasteiger partial charge in [0.1, 0.15) is 0 Å². The smallest absolute Gasteiger partial charge is 0.0942 e. The van der Waals surface area contributed by atoms with Crippen LogP contribution in [0.2, 0.25) is 0 Å². The van der Waals surface area contributed by atoms with Gasteiger partial charge >= 0.3 is 0 Å². The Morgan fingerprint density at radius 1 is 1.33 bits per heavy atom. The van der Waals surface area contributed by atoms with Crippen LogP contribution in [0.5, 0.6) is 0 Å². The maximum Gasteiger partial charge on any atom is 0.0942 e.